The van der Waals surface area contributed by atoms with Crippen LogP contribution in [-0.4, -0.2) is 22.3 Å². The fraction of sp³-hybridized carbons (Fsp3) is 0.300. The summed E-state index contributed by atoms with van der Waals surface area (Å²) in [4.78, 5) is 26.3. The molecule has 0 fully saturated rings. The molecule has 0 spiro atoms. The highest BCUT2D eigenvalue weighted by Crippen LogP contribution is 2.06. The number of amides is 3. The average Bonchev–Trinajstić information content (AvgIpc) is 2.16. The summed E-state index contributed by atoms with van der Waals surface area (Å²) in [5.74, 6) is -0.542. The number of imide groups is 1. The van der Waals surface area contributed by atoms with Gasteiger partial charge in [-0.15, -0.1) is 11.6 Å². The van der Waals surface area contributed by atoms with Gasteiger partial charge in [0.1, 0.15) is 5.38 Å². The summed E-state index contributed by atoms with van der Waals surface area (Å²) in [6.07, 6.45) is 3.15. The van der Waals surface area contributed by atoms with Crippen LogP contribution in [0.3, 0.4) is 0 Å². The summed E-state index contributed by atoms with van der Waals surface area (Å²) < 4.78 is 0. The van der Waals surface area contributed by atoms with E-state index >= 15 is 0 Å². The number of alkyl halides is 1. The van der Waals surface area contributed by atoms with E-state index in [4.69, 9.17) is 11.6 Å². The van der Waals surface area contributed by atoms with Crippen molar-refractivity contribution in [3.05, 3.63) is 24.0 Å². The van der Waals surface area contributed by atoms with Crippen molar-refractivity contribution in [1.82, 2.24) is 10.3 Å². The van der Waals surface area contributed by atoms with Crippen LogP contribution in [-0.2, 0) is 4.79 Å². The zero-order valence-electron chi connectivity index (χ0n) is 8.95. The summed E-state index contributed by atoms with van der Waals surface area (Å²) in [6, 6.07) is 1.12. The molecule has 1 aromatic rings. The van der Waals surface area contributed by atoms with Gasteiger partial charge in [0, 0.05) is 6.20 Å². The fourth-order valence-corrected chi connectivity index (χ4v) is 1.05. The molecule has 5 nitrogen and oxygen atoms in total. The molecule has 0 saturated heterocycles. The van der Waals surface area contributed by atoms with Crippen molar-refractivity contribution in [1.29, 1.82) is 0 Å². The number of rotatable bonds is 2. The molecule has 0 aliphatic carbocycles. The van der Waals surface area contributed by atoms with Gasteiger partial charge in [-0.3, -0.25) is 15.1 Å². The Morgan fingerprint density at radius 3 is 2.69 bits per heavy atom. The van der Waals surface area contributed by atoms with Gasteiger partial charge in [0.25, 0.3) is 0 Å². The van der Waals surface area contributed by atoms with E-state index in [9.17, 15) is 9.59 Å². The molecule has 1 heterocycles. The predicted molar refractivity (Wildman–Crippen MR) is 61.5 cm³/mol. The maximum atomic E-state index is 11.3. The van der Waals surface area contributed by atoms with Crippen molar-refractivity contribution >= 4 is 29.2 Å². The van der Waals surface area contributed by atoms with Crippen molar-refractivity contribution in [2.45, 2.75) is 19.2 Å². The number of nitrogens with one attached hydrogen (secondary N) is 2. The lowest BCUT2D eigenvalue weighted by Crippen LogP contribution is -2.38. The Bertz CT molecular complexity index is 407. The minimum atomic E-state index is -0.749. The number of carbonyl (C=O) groups excluding carboxylic acids is 2. The molecule has 2 N–H and O–H groups in total. The molecule has 0 bridgehead atoms. The third-order valence-corrected chi connectivity index (χ3v) is 1.93. The lowest BCUT2D eigenvalue weighted by atomic mass is 10.3. The van der Waals surface area contributed by atoms with E-state index < -0.39 is 17.3 Å². The second kappa shape index (κ2) is 5.46. The third kappa shape index (κ3) is 3.86. The SMILES string of the molecule is Cc1cncc(NC(=O)NC(=O)C(C)Cl)c1. The van der Waals surface area contributed by atoms with E-state index in [2.05, 4.69) is 15.6 Å². The molecular formula is C10H12ClN3O2. The quantitative estimate of drug-likeness (QED) is 0.774. The number of hydrogen-bond acceptors (Lipinski definition) is 3. The van der Waals surface area contributed by atoms with Crippen molar-refractivity contribution < 1.29 is 9.59 Å². The Balaban J connectivity index is 2.55. The number of halogens is 1. The second-order valence-corrected chi connectivity index (χ2v) is 3.96. The zero-order valence-corrected chi connectivity index (χ0v) is 9.71. The summed E-state index contributed by atoms with van der Waals surface area (Å²) in [6.45, 7) is 3.33. The Labute approximate surface area is 98.2 Å². The van der Waals surface area contributed by atoms with E-state index in [1.807, 2.05) is 6.92 Å². The molecule has 0 aliphatic heterocycles. The van der Waals surface area contributed by atoms with Gasteiger partial charge < -0.3 is 5.32 Å². The van der Waals surface area contributed by atoms with Crippen LogP contribution in [0.25, 0.3) is 0 Å². The Morgan fingerprint density at radius 2 is 2.12 bits per heavy atom. The van der Waals surface area contributed by atoms with Crippen LogP contribution < -0.4 is 10.6 Å². The largest absolute Gasteiger partial charge is 0.325 e. The second-order valence-electron chi connectivity index (χ2n) is 3.31. The maximum absolute atomic E-state index is 11.3. The third-order valence-electron chi connectivity index (χ3n) is 1.73. The first-order valence-corrected chi connectivity index (χ1v) is 5.10. The summed E-state index contributed by atoms with van der Waals surface area (Å²) in [5, 5.41) is 3.83. The molecule has 0 saturated carbocycles. The highest BCUT2D eigenvalue weighted by molar-refractivity contribution is 6.31. The van der Waals surface area contributed by atoms with E-state index in [0.29, 0.717) is 5.69 Å². The normalized spacial score (nSPS) is 11.7. The number of carbonyl (C=O) groups is 2. The Morgan fingerprint density at radius 1 is 1.44 bits per heavy atom. The van der Waals surface area contributed by atoms with Crippen LogP contribution in [0.1, 0.15) is 12.5 Å². The van der Waals surface area contributed by atoms with Crippen LogP contribution in [0, 0.1) is 6.92 Å². The molecule has 3 amide bonds. The van der Waals surface area contributed by atoms with Crippen molar-refractivity contribution in [2.75, 3.05) is 5.32 Å². The first-order valence-electron chi connectivity index (χ1n) is 4.66. The summed E-state index contributed by atoms with van der Waals surface area (Å²) in [5.41, 5.74) is 1.43. The molecule has 0 radical (unpaired) electrons. The molecule has 1 rings (SSSR count). The van der Waals surface area contributed by atoms with Crippen LogP contribution in [0.2, 0.25) is 0 Å². The smallest absolute Gasteiger partial charge is 0.306 e. The highest BCUT2D eigenvalue weighted by atomic mass is 35.5. The lowest BCUT2D eigenvalue weighted by Gasteiger charge is -2.07. The molecule has 0 aromatic carbocycles. The standard InChI is InChI=1S/C10H12ClN3O2/c1-6-3-8(5-12-4-6)13-10(16)14-9(15)7(2)11/h3-5,7H,1-2H3,(H2,13,14,15,16). The van der Waals surface area contributed by atoms with E-state index in [1.165, 1.54) is 13.1 Å². The van der Waals surface area contributed by atoms with Gasteiger partial charge in [-0.1, -0.05) is 0 Å². The first kappa shape index (κ1) is 12.4. The number of anilines is 1. The van der Waals surface area contributed by atoms with Crippen molar-refractivity contribution in [3.63, 3.8) is 0 Å². The summed E-state index contributed by atoms with van der Waals surface area (Å²) >= 11 is 5.50. The lowest BCUT2D eigenvalue weighted by molar-refractivity contribution is -0.119. The minimum absolute atomic E-state index is 0.521. The van der Waals surface area contributed by atoms with Gasteiger partial charge >= 0.3 is 6.03 Å². The van der Waals surface area contributed by atoms with Crippen LogP contribution >= 0.6 is 11.6 Å². The van der Waals surface area contributed by atoms with Crippen LogP contribution in [0.15, 0.2) is 18.5 Å². The monoisotopic (exact) mass is 241 g/mol. The Kier molecular flexibility index (Phi) is 4.25. The number of aromatic nitrogens is 1. The number of urea groups is 1. The van der Waals surface area contributed by atoms with Gasteiger partial charge in [0.15, 0.2) is 0 Å². The van der Waals surface area contributed by atoms with Crippen LogP contribution in [0.4, 0.5) is 10.5 Å². The highest BCUT2D eigenvalue weighted by Gasteiger charge is 2.12. The number of hydrogen-bond donors (Lipinski definition) is 2. The zero-order chi connectivity index (χ0) is 12.1. The van der Waals surface area contributed by atoms with Gasteiger partial charge in [-0.25, -0.2) is 4.79 Å². The van der Waals surface area contributed by atoms with Gasteiger partial charge in [-0.05, 0) is 25.5 Å². The Hall–Kier alpha value is -1.62. The molecule has 16 heavy (non-hydrogen) atoms. The first-order chi connectivity index (χ1) is 7.49. The molecule has 1 aromatic heterocycles. The maximum Gasteiger partial charge on any atom is 0.325 e. The number of nitrogens with zero attached hydrogens (tertiary/aromatic N) is 1. The summed E-state index contributed by atoms with van der Waals surface area (Å²) in [7, 11) is 0. The average molecular weight is 242 g/mol. The van der Waals surface area contributed by atoms with E-state index in [0.717, 1.165) is 5.56 Å². The van der Waals surface area contributed by atoms with E-state index in [1.54, 1.807) is 12.3 Å². The molecule has 0 aliphatic rings. The van der Waals surface area contributed by atoms with Gasteiger partial charge in [-0.2, -0.15) is 0 Å². The molecule has 6 heteroatoms. The van der Waals surface area contributed by atoms with Gasteiger partial charge in [0.2, 0.25) is 5.91 Å². The van der Waals surface area contributed by atoms with Crippen LogP contribution in [0.5, 0.6) is 0 Å². The van der Waals surface area contributed by atoms with Crippen molar-refractivity contribution in [2.24, 2.45) is 0 Å². The number of pyridine rings is 1. The molecule has 86 valence electrons. The minimum Gasteiger partial charge on any atom is -0.306 e. The predicted octanol–water partition coefficient (Wildman–Crippen LogP) is 1.67. The molecular weight excluding hydrogens is 230 g/mol. The van der Waals surface area contributed by atoms with Crippen molar-refractivity contribution in [3.8, 4) is 0 Å². The number of aryl methyl sites for hydroxylation is 1. The van der Waals surface area contributed by atoms with E-state index in [-0.39, 0.29) is 0 Å². The fourth-order valence-electron chi connectivity index (χ4n) is 0.997. The van der Waals surface area contributed by atoms with Gasteiger partial charge in [0.05, 0.1) is 11.9 Å². The topological polar surface area (TPSA) is 71.1 Å². The molecule has 1 unspecified atom stereocenters. The molecule has 1 atom stereocenters.